The monoisotopic (exact) mass is 239 g/mol. The molecule has 0 unspecified atom stereocenters. The fourth-order valence-corrected chi connectivity index (χ4v) is 1.74. The fourth-order valence-electron chi connectivity index (χ4n) is 1.74. The first-order valence-electron chi connectivity index (χ1n) is 6.14. The molecule has 0 aromatic heterocycles. The Morgan fingerprint density at radius 3 is 2.56 bits per heavy atom. The van der Waals surface area contributed by atoms with Crippen LogP contribution >= 0.6 is 0 Å². The van der Waals surface area contributed by atoms with Crippen molar-refractivity contribution in [3.05, 3.63) is 42.5 Å². The van der Waals surface area contributed by atoms with Crippen LogP contribution in [0.5, 0.6) is 5.75 Å². The summed E-state index contributed by atoms with van der Waals surface area (Å²) in [4.78, 5) is 0. The lowest BCUT2D eigenvalue weighted by Gasteiger charge is -2.15. The quantitative estimate of drug-likeness (QED) is 0.802. The normalized spacial score (nSPS) is 11.2. The summed E-state index contributed by atoms with van der Waals surface area (Å²) < 4.78 is 5.70. The van der Waals surface area contributed by atoms with Gasteiger partial charge in [0.2, 0.25) is 0 Å². The zero-order valence-corrected chi connectivity index (χ0v) is 10.8. The van der Waals surface area contributed by atoms with Gasteiger partial charge in [0.1, 0.15) is 5.75 Å². The van der Waals surface area contributed by atoms with Crippen molar-refractivity contribution >= 4 is 10.8 Å². The average molecular weight is 239 g/mol. The predicted molar refractivity (Wildman–Crippen MR) is 73.5 cm³/mol. The molecule has 0 aliphatic carbocycles. The van der Waals surface area contributed by atoms with Crippen LogP contribution < -0.4 is 4.74 Å². The summed E-state index contributed by atoms with van der Waals surface area (Å²) in [5, 5.41) is 11.3. The topological polar surface area (TPSA) is 33.0 Å². The molecule has 92 valence electrons. The molecule has 0 atom stereocenters. The number of nitriles is 1. The zero-order valence-electron chi connectivity index (χ0n) is 10.8. The van der Waals surface area contributed by atoms with E-state index < -0.39 is 0 Å². The maximum absolute atomic E-state index is 8.93. The first-order chi connectivity index (χ1) is 8.61. The summed E-state index contributed by atoms with van der Waals surface area (Å²) in [6, 6.07) is 16.5. The smallest absolute Gasteiger partial charge is 0.119 e. The van der Waals surface area contributed by atoms with Gasteiger partial charge >= 0.3 is 0 Å². The van der Waals surface area contributed by atoms with E-state index >= 15 is 0 Å². The summed E-state index contributed by atoms with van der Waals surface area (Å²) in [6.07, 6.45) is 0.732. The van der Waals surface area contributed by atoms with Crippen LogP contribution in [0.4, 0.5) is 0 Å². The third kappa shape index (κ3) is 3.01. The van der Waals surface area contributed by atoms with E-state index in [1.807, 2.05) is 38.1 Å². The van der Waals surface area contributed by atoms with Gasteiger partial charge in [-0.25, -0.2) is 0 Å². The van der Waals surface area contributed by atoms with Crippen molar-refractivity contribution in [2.75, 3.05) is 6.61 Å². The molecule has 0 aliphatic heterocycles. The molecule has 0 N–H and O–H groups in total. The SMILES string of the molecule is CC(C)(C#N)CCOc1ccc2ccccc2c1. The van der Waals surface area contributed by atoms with Gasteiger partial charge in [0.15, 0.2) is 0 Å². The molecule has 0 saturated carbocycles. The number of rotatable bonds is 4. The third-order valence-electron chi connectivity index (χ3n) is 3.02. The minimum atomic E-state index is -0.323. The van der Waals surface area contributed by atoms with Gasteiger partial charge in [-0.05, 0) is 43.2 Å². The van der Waals surface area contributed by atoms with Crippen LogP contribution in [0.2, 0.25) is 0 Å². The largest absolute Gasteiger partial charge is 0.494 e. The van der Waals surface area contributed by atoms with Crippen molar-refractivity contribution in [1.82, 2.24) is 0 Å². The number of ether oxygens (including phenoxy) is 1. The summed E-state index contributed by atoms with van der Waals surface area (Å²) >= 11 is 0. The minimum Gasteiger partial charge on any atom is -0.494 e. The van der Waals surface area contributed by atoms with Crippen LogP contribution in [0.15, 0.2) is 42.5 Å². The Kier molecular flexibility index (Phi) is 3.53. The molecule has 0 heterocycles. The lowest BCUT2D eigenvalue weighted by atomic mass is 9.92. The van der Waals surface area contributed by atoms with Crippen molar-refractivity contribution in [3.63, 3.8) is 0 Å². The predicted octanol–water partition coefficient (Wildman–Crippen LogP) is 4.16. The number of fused-ring (bicyclic) bond motifs is 1. The number of hydrogen-bond acceptors (Lipinski definition) is 2. The summed E-state index contributed by atoms with van der Waals surface area (Å²) in [6.45, 7) is 4.42. The molecule has 2 aromatic rings. The first kappa shape index (κ1) is 12.4. The van der Waals surface area contributed by atoms with Crippen LogP contribution in [0.1, 0.15) is 20.3 Å². The van der Waals surface area contributed by atoms with Gasteiger partial charge in [-0.1, -0.05) is 30.3 Å². The standard InChI is InChI=1S/C16H17NO/c1-16(2,12-17)9-10-18-15-8-7-13-5-3-4-6-14(13)11-15/h3-8,11H,9-10H2,1-2H3. The van der Waals surface area contributed by atoms with Crippen molar-refractivity contribution in [3.8, 4) is 11.8 Å². The molecule has 0 radical (unpaired) electrons. The van der Waals surface area contributed by atoms with Gasteiger partial charge in [-0.3, -0.25) is 0 Å². The van der Waals surface area contributed by atoms with Gasteiger partial charge in [0.25, 0.3) is 0 Å². The maximum Gasteiger partial charge on any atom is 0.119 e. The Balaban J connectivity index is 2.03. The Hall–Kier alpha value is -2.01. The molecule has 2 nitrogen and oxygen atoms in total. The maximum atomic E-state index is 8.93. The second kappa shape index (κ2) is 5.10. The van der Waals surface area contributed by atoms with E-state index in [1.54, 1.807) is 0 Å². The van der Waals surface area contributed by atoms with Crippen LogP contribution in [0.3, 0.4) is 0 Å². The molecule has 2 rings (SSSR count). The molecule has 18 heavy (non-hydrogen) atoms. The van der Waals surface area contributed by atoms with E-state index in [-0.39, 0.29) is 5.41 Å². The summed E-state index contributed by atoms with van der Waals surface area (Å²) in [7, 11) is 0. The highest BCUT2D eigenvalue weighted by atomic mass is 16.5. The molecule has 0 aliphatic rings. The molecule has 0 fully saturated rings. The van der Waals surface area contributed by atoms with E-state index in [1.165, 1.54) is 10.8 Å². The number of benzene rings is 2. The number of nitrogens with zero attached hydrogens (tertiary/aromatic N) is 1. The summed E-state index contributed by atoms with van der Waals surface area (Å²) in [5.74, 6) is 0.863. The molecular weight excluding hydrogens is 222 g/mol. The summed E-state index contributed by atoms with van der Waals surface area (Å²) in [5.41, 5.74) is -0.323. The van der Waals surface area contributed by atoms with E-state index in [4.69, 9.17) is 10.00 Å². The van der Waals surface area contributed by atoms with Gasteiger partial charge < -0.3 is 4.74 Å². The Morgan fingerprint density at radius 1 is 1.11 bits per heavy atom. The van der Waals surface area contributed by atoms with E-state index in [9.17, 15) is 0 Å². The third-order valence-corrected chi connectivity index (χ3v) is 3.02. The average Bonchev–Trinajstić information content (AvgIpc) is 2.38. The van der Waals surface area contributed by atoms with Crippen molar-refractivity contribution in [2.45, 2.75) is 20.3 Å². The lowest BCUT2D eigenvalue weighted by molar-refractivity contribution is 0.264. The highest BCUT2D eigenvalue weighted by Gasteiger charge is 2.16. The van der Waals surface area contributed by atoms with Crippen LogP contribution in [-0.4, -0.2) is 6.61 Å². The lowest BCUT2D eigenvalue weighted by Crippen LogP contribution is -2.13. The Labute approximate surface area is 108 Å². The fraction of sp³-hybridized carbons (Fsp3) is 0.312. The Morgan fingerprint density at radius 2 is 1.83 bits per heavy atom. The molecule has 0 bridgehead atoms. The molecule has 0 spiro atoms. The van der Waals surface area contributed by atoms with E-state index in [0.717, 1.165) is 12.2 Å². The minimum absolute atomic E-state index is 0.323. The van der Waals surface area contributed by atoms with Gasteiger partial charge in [0, 0.05) is 0 Å². The van der Waals surface area contributed by atoms with Gasteiger partial charge in [-0.2, -0.15) is 5.26 Å². The van der Waals surface area contributed by atoms with E-state index in [0.29, 0.717) is 6.61 Å². The van der Waals surface area contributed by atoms with Crippen LogP contribution in [0.25, 0.3) is 10.8 Å². The van der Waals surface area contributed by atoms with Crippen LogP contribution in [-0.2, 0) is 0 Å². The van der Waals surface area contributed by atoms with Crippen molar-refractivity contribution in [1.29, 1.82) is 5.26 Å². The first-order valence-corrected chi connectivity index (χ1v) is 6.14. The molecule has 0 amide bonds. The Bertz CT molecular complexity index is 581. The second-order valence-corrected chi connectivity index (χ2v) is 5.10. The number of hydrogen-bond donors (Lipinski definition) is 0. The second-order valence-electron chi connectivity index (χ2n) is 5.10. The highest BCUT2D eigenvalue weighted by molar-refractivity contribution is 5.83. The molecular formula is C16H17NO. The van der Waals surface area contributed by atoms with Gasteiger partial charge in [-0.15, -0.1) is 0 Å². The molecule has 2 heteroatoms. The van der Waals surface area contributed by atoms with Gasteiger partial charge in [0.05, 0.1) is 18.1 Å². The van der Waals surface area contributed by atoms with Crippen LogP contribution in [0, 0.1) is 16.7 Å². The van der Waals surface area contributed by atoms with Crippen molar-refractivity contribution in [2.24, 2.45) is 5.41 Å². The highest BCUT2D eigenvalue weighted by Crippen LogP contribution is 2.23. The van der Waals surface area contributed by atoms with E-state index in [2.05, 4.69) is 24.3 Å². The zero-order chi connectivity index (χ0) is 13.0. The van der Waals surface area contributed by atoms with Crippen molar-refractivity contribution < 1.29 is 4.74 Å². The molecule has 0 saturated heterocycles. The molecule has 2 aromatic carbocycles.